The zero-order chi connectivity index (χ0) is 13.9. The van der Waals surface area contributed by atoms with Gasteiger partial charge in [0.1, 0.15) is 6.04 Å². The highest BCUT2D eigenvalue weighted by Gasteiger charge is 2.40. The third kappa shape index (κ3) is 3.44. The van der Waals surface area contributed by atoms with Crippen LogP contribution in [0, 0.1) is 0 Å². The maximum absolute atomic E-state index is 12.3. The quantitative estimate of drug-likeness (QED) is 0.648. The number of hydrogen-bond acceptors (Lipinski definition) is 5. The first-order valence-electron chi connectivity index (χ1n) is 6.71. The minimum atomic E-state index is -3.61. The Morgan fingerprint density at radius 3 is 2.89 bits per heavy atom. The first kappa shape index (κ1) is 14.7. The van der Waals surface area contributed by atoms with Crippen LogP contribution in [0.3, 0.4) is 0 Å². The van der Waals surface area contributed by atoms with Crippen LogP contribution in [0.4, 0.5) is 0 Å². The number of nitrogens with zero attached hydrogens (tertiary/aromatic N) is 1. The molecule has 2 unspecified atom stereocenters. The second kappa shape index (κ2) is 6.17. The molecule has 7 nitrogen and oxygen atoms in total. The van der Waals surface area contributed by atoms with Gasteiger partial charge in [-0.25, -0.2) is 0 Å². The summed E-state index contributed by atoms with van der Waals surface area (Å²) in [5, 5.41) is 3.10. The summed E-state index contributed by atoms with van der Waals surface area (Å²) in [5.41, 5.74) is 0. The predicted octanol–water partition coefficient (Wildman–Crippen LogP) is -0.790. The summed E-state index contributed by atoms with van der Waals surface area (Å²) in [7, 11) is -3.61. The monoisotopic (exact) mass is 291 g/mol. The molecule has 0 saturated carbocycles. The van der Waals surface area contributed by atoms with Crippen LogP contribution in [0.1, 0.15) is 26.2 Å². The van der Waals surface area contributed by atoms with Crippen LogP contribution in [0.2, 0.25) is 0 Å². The van der Waals surface area contributed by atoms with E-state index in [-0.39, 0.29) is 12.6 Å². The fourth-order valence-corrected chi connectivity index (χ4v) is 4.19. The van der Waals surface area contributed by atoms with Gasteiger partial charge < -0.3 is 10.1 Å². The Bertz CT molecular complexity index is 420. The van der Waals surface area contributed by atoms with Gasteiger partial charge in [0.15, 0.2) is 0 Å². The van der Waals surface area contributed by atoms with E-state index in [1.54, 1.807) is 6.92 Å². The number of esters is 1. The molecule has 2 fully saturated rings. The van der Waals surface area contributed by atoms with Crippen LogP contribution in [-0.2, 0) is 19.7 Å². The number of ether oxygens (including phenoxy) is 1. The van der Waals surface area contributed by atoms with Crippen LogP contribution in [0.5, 0.6) is 0 Å². The summed E-state index contributed by atoms with van der Waals surface area (Å²) in [6.45, 7) is 3.81. The fraction of sp³-hybridized carbons (Fsp3) is 0.909. The molecule has 2 aliphatic heterocycles. The smallest absolute Gasteiger partial charge is 0.324 e. The highest BCUT2D eigenvalue weighted by atomic mass is 32.2. The van der Waals surface area contributed by atoms with Gasteiger partial charge in [0.25, 0.3) is 10.2 Å². The van der Waals surface area contributed by atoms with Gasteiger partial charge >= 0.3 is 5.97 Å². The van der Waals surface area contributed by atoms with Gasteiger partial charge in [-0.05, 0) is 32.7 Å². The second-order valence-corrected chi connectivity index (χ2v) is 6.49. The summed E-state index contributed by atoms with van der Waals surface area (Å²) in [6.07, 6.45) is 1.99. The molecule has 2 N–H and O–H groups in total. The SMILES string of the molecule is CCOC(=O)C1CCCN1S(=O)(=O)NC1CCNC1. The van der Waals surface area contributed by atoms with Gasteiger partial charge in [-0.3, -0.25) is 4.79 Å². The molecule has 0 radical (unpaired) electrons. The van der Waals surface area contributed by atoms with Gasteiger partial charge in [0, 0.05) is 19.1 Å². The topological polar surface area (TPSA) is 87.7 Å². The Kier molecular flexibility index (Phi) is 4.77. The van der Waals surface area contributed by atoms with Gasteiger partial charge in [-0.15, -0.1) is 0 Å². The molecule has 0 aliphatic carbocycles. The van der Waals surface area contributed by atoms with E-state index in [1.807, 2.05) is 0 Å². The molecule has 2 saturated heterocycles. The minimum absolute atomic E-state index is 0.0894. The van der Waals surface area contributed by atoms with Gasteiger partial charge in [0.05, 0.1) is 6.61 Å². The molecule has 110 valence electrons. The lowest BCUT2D eigenvalue weighted by atomic mass is 10.2. The van der Waals surface area contributed by atoms with Gasteiger partial charge in [-0.2, -0.15) is 17.4 Å². The van der Waals surface area contributed by atoms with Gasteiger partial charge in [0.2, 0.25) is 0 Å². The number of nitrogens with one attached hydrogen (secondary N) is 2. The Hall–Kier alpha value is -0.700. The predicted molar refractivity (Wildman–Crippen MR) is 69.7 cm³/mol. The molecule has 2 atom stereocenters. The molecule has 0 aromatic heterocycles. The van der Waals surface area contributed by atoms with Crippen molar-refractivity contribution in [2.45, 2.75) is 38.3 Å². The summed E-state index contributed by atoms with van der Waals surface area (Å²) in [6, 6.07) is -0.764. The minimum Gasteiger partial charge on any atom is -0.465 e. The van der Waals surface area contributed by atoms with Crippen molar-refractivity contribution in [3.63, 3.8) is 0 Å². The maximum atomic E-state index is 12.3. The zero-order valence-corrected chi connectivity index (χ0v) is 11.9. The Morgan fingerprint density at radius 1 is 1.47 bits per heavy atom. The van der Waals surface area contributed by atoms with E-state index >= 15 is 0 Å². The van der Waals surface area contributed by atoms with Crippen molar-refractivity contribution in [2.24, 2.45) is 0 Å². The lowest BCUT2D eigenvalue weighted by Gasteiger charge is -2.24. The highest BCUT2D eigenvalue weighted by Crippen LogP contribution is 2.22. The number of carbonyl (C=O) groups is 1. The fourth-order valence-electron chi connectivity index (χ4n) is 2.54. The average Bonchev–Trinajstić information content (AvgIpc) is 2.98. The molecule has 0 amide bonds. The summed E-state index contributed by atoms with van der Waals surface area (Å²) >= 11 is 0. The van der Waals surface area contributed by atoms with Crippen molar-refractivity contribution in [1.29, 1.82) is 0 Å². The van der Waals surface area contributed by atoms with Crippen molar-refractivity contribution in [3.05, 3.63) is 0 Å². The van der Waals surface area contributed by atoms with E-state index in [1.165, 1.54) is 4.31 Å². The van der Waals surface area contributed by atoms with Crippen molar-refractivity contribution < 1.29 is 17.9 Å². The van der Waals surface area contributed by atoms with E-state index in [0.717, 1.165) is 13.0 Å². The zero-order valence-electron chi connectivity index (χ0n) is 11.1. The Labute approximate surface area is 113 Å². The van der Waals surface area contributed by atoms with Crippen LogP contribution in [0.25, 0.3) is 0 Å². The lowest BCUT2D eigenvalue weighted by Crippen LogP contribution is -2.50. The number of hydrogen-bond donors (Lipinski definition) is 2. The summed E-state index contributed by atoms with van der Waals surface area (Å²) < 4.78 is 33.4. The van der Waals surface area contributed by atoms with E-state index in [4.69, 9.17) is 4.74 Å². The van der Waals surface area contributed by atoms with Crippen LogP contribution < -0.4 is 10.0 Å². The van der Waals surface area contributed by atoms with E-state index < -0.39 is 22.2 Å². The molecule has 2 heterocycles. The molecule has 0 aromatic rings. The second-order valence-electron chi connectivity index (χ2n) is 4.83. The molecule has 8 heteroatoms. The van der Waals surface area contributed by atoms with Crippen LogP contribution >= 0.6 is 0 Å². The molecule has 2 aliphatic rings. The van der Waals surface area contributed by atoms with Crippen molar-refractivity contribution in [1.82, 2.24) is 14.3 Å². The van der Waals surface area contributed by atoms with E-state index in [9.17, 15) is 13.2 Å². The summed E-state index contributed by atoms with van der Waals surface area (Å²) in [5.74, 6) is -0.449. The third-order valence-corrected chi connectivity index (χ3v) is 5.13. The maximum Gasteiger partial charge on any atom is 0.324 e. The van der Waals surface area contributed by atoms with Crippen LogP contribution in [0.15, 0.2) is 0 Å². The lowest BCUT2D eigenvalue weighted by molar-refractivity contribution is -0.146. The molecule has 19 heavy (non-hydrogen) atoms. The van der Waals surface area contributed by atoms with E-state index in [2.05, 4.69) is 10.0 Å². The molecule has 0 bridgehead atoms. The Morgan fingerprint density at radius 2 is 2.26 bits per heavy atom. The first-order chi connectivity index (χ1) is 9.04. The normalized spacial score (nSPS) is 28.7. The standard InChI is InChI=1S/C11H21N3O4S/c1-2-18-11(15)10-4-3-7-14(10)19(16,17)13-9-5-6-12-8-9/h9-10,12-13H,2-8H2,1H3. The molecule has 0 aromatic carbocycles. The molecule has 0 spiro atoms. The summed E-state index contributed by atoms with van der Waals surface area (Å²) in [4.78, 5) is 11.8. The van der Waals surface area contributed by atoms with Crippen LogP contribution in [-0.4, -0.2) is 57.0 Å². The van der Waals surface area contributed by atoms with Gasteiger partial charge in [-0.1, -0.05) is 0 Å². The third-order valence-electron chi connectivity index (χ3n) is 3.45. The number of carbonyl (C=O) groups excluding carboxylic acids is 1. The molecular weight excluding hydrogens is 270 g/mol. The van der Waals surface area contributed by atoms with E-state index in [0.29, 0.717) is 25.9 Å². The highest BCUT2D eigenvalue weighted by molar-refractivity contribution is 7.87. The van der Waals surface area contributed by atoms with Crippen molar-refractivity contribution in [2.75, 3.05) is 26.2 Å². The number of rotatable bonds is 5. The molecular formula is C11H21N3O4S. The first-order valence-corrected chi connectivity index (χ1v) is 8.15. The molecule has 2 rings (SSSR count). The Balaban J connectivity index is 2.03. The average molecular weight is 291 g/mol. The largest absolute Gasteiger partial charge is 0.465 e. The van der Waals surface area contributed by atoms with Crippen molar-refractivity contribution in [3.8, 4) is 0 Å². The van der Waals surface area contributed by atoms with Crippen molar-refractivity contribution >= 4 is 16.2 Å².